The first kappa shape index (κ1) is 12.0. The summed E-state index contributed by atoms with van der Waals surface area (Å²) in [5.74, 6) is 0.797. The Morgan fingerprint density at radius 1 is 1.28 bits per heavy atom. The maximum Gasteiger partial charge on any atom is 0.226 e. The molecule has 18 heavy (non-hydrogen) atoms. The number of amides is 1. The van der Waals surface area contributed by atoms with Crippen molar-refractivity contribution in [2.24, 2.45) is 5.92 Å². The van der Waals surface area contributed by atoms with Crippen LogP contribution in [-0.4, -0.2) is 37.0 Å². The molecule has 1 aromatic carbocycles. The SMILES string of the molecule is O=C([C@H]1C[C@@H]1c1ccccc1Cl)N1CCNCC1. The Labute approximate surface area is 112 Å². The van der Waals surface area contributed by atoms with Crippen molar-refractivity contribution in [3.05, 3.63) is 34.9 Å². The zero-order valence-corrected chi connectivity index (χ0v) is 11.0. The number of carbonyl (C=O) groups excluding carboxylic acids is 1. The van der Waals surface area contributed by atoms with Crippen LogP contribution in [0.2, 0.25) is 5.02 Å². The third-order valence-electron chi connectivity index (χ3n) is 3.84. The van der Waals surface area contributed by atoms with Crippen molar-refractivity contribution in [1.82, 2.24) is 10.2 Å². The van der Waals surface area contributed by atoms with Gasteiger partial charge in [0.15, 0.2) is 0 Å². The molecule has 2 atom stereocenters. The van der Waals surface area contributed by atoms with Crippen molar-refractivity contribution >= 4 is 17.5 Å². The molecule has 96 valence electrons. The predicted octanol–water partition coefficient (Wildman–Crippen LogP) is 1.88. The fourth-order valence-electron chi connectivity index (χ4n) is 2.71. The average molecular weight is 265 g/mol. The lowest BCUT2D eigenvalue weighted by Gasteiger charge is -2.27. The average Bonchev–Trinajstić information content (AvgIpc) is 3.20. The van der Waals surface area contributed by atoms with Gasteiger partial charge in [-0.1, -0.05) is 29.8 Å². The third-order valence-corrected chi connectivity index (χ3v) is 4.19. The van der Waals surface area contributed by atoms with Gasteiger partial charge in [-0.3, -0.25) is 4.79 Å². The number of piperazine rings is 1. The molecule has 0 spiro atoms. The van der Waals surface area contributed by atoms with E-state index in [0.29, 0.717) is 11.8 Å². The molecule has 4 heteroatoms. The van der Waals surface area contributed by atoms with Crippen LogP contribution in [0.1, 0.15) is 17.9 Å². The first-order valence-electron chi connectivity index (χ1n) is 6.51. The molecule has 0 bridgehead atoms. The van der Waals surface area contributed by atoms with E-state index in [1.54, 1.807) is 0 Å². The largest absolute Gasteiger partial charge is 0.340 e. The van der Waals surface area contributed by atoms with E-state index >= 15 is 0 Å². The van der Waals surface area contributed by atoms with Crippen LogP contribution in [0, 0.1) is 5.92 Å². The molecule has 1 aliphatic heterocycles. The minimum absolute atomic E-state index is 0.156. The monoisotopic (exact) mass is 264 g/mol. The number of benzene rings is 1. The number of halogens is 1. The van der Waals surface area contributed by atoms with Gasteiger partial charge in [0.25, 0.3) is 0 Å². The van der Waals surface area contributed by atoms with E-state index in [1.165, 1.54) is 0 Å². The summed E-state index contributed by atoms with van der Waals surface area (Å²) in [6.07, 6.45) is 0.951. The molecule has 1 aliphatic carbocycles. The van der Waals surface area contributed by atoms with Crippen LogP contribution in [0.25, 0.3) is 0 Å². The summed E-state index contributed by atoms with van der Waals surface area (Å²) < 4.78 is 0. The van der Waals surface area contributed by atoms with Crippen LogP contribution in [0.3, 0.4) is 0 Å². The third kappa shape index (κ3) is 2.25. The second kappa shape index (κ2) is 4.90. The Bertz CT molecular complexity index is 457. The van der Waals surface area contributed by atoms with Gasteiger partial charge in [0.2, 0.25) is 5.91 Å². The summed E-state index contributed by atoms with van der Waals surface area (Å²) in [7, 11) is 0. The maximum atomic E-state index is 12.3. The lowest BCUT2D eigenvalue weighted by atomic mass is 10.1. The molecule has 1 aromatic rings. The lowest BCUT2D eigenvalue weighted by molar-refractivity contribution is -0.133. The highest BCUT2D eigenvalue weighted by Crippen LogP contribution is 2.50. The summed E-state index contributed by atoms with van der Waals surface area (Å²) in [4.78, 5) is 14.3. The van der Waals surface area contributed by atoms with E-state index < -0.39 is 0 Å². The fraction of sp³-hybridized carbons (Fsp3) is 0.500. The van der Waals surface area contributed by atoms with Crippen LogP contribution in [0.4, 0.5) is 0 Å². The van der Waals surface area contributed by atoms with Gasteiger partial charge < -0.3 is 10.2 Å². The molecule has 3 rings (SSSR count). The first-order chi connectivity index (χ1) is 8.77. The van der Waals surface area contributed by atoms with E-state index in [2.05, 4.69) is 5.32 Å². The second-order valence-corrected chi connectivity index (χ2v) is 5.45. The first-order valence-corrected chi connectivity index (χ1v) is 6.89. The van der Waals surface area contributed by atoms with Gasteiger partial charge in [-0.15, -0.1) is 0 Å². The van der Waals surface area contributed by atoms with Crippen molar-refractivity contribution in [3.63, 3.8) is 0 Å². The van der Waals surface area contributed by atoms with Gasteiger partial charge >= 0.3 is 0 Å². The van der Waals surface area contributed by atoms with E-state index in [1.807, 2.05) is 29.2 Å². The quantitative estimate of drug-likeness (QED) is 0.885. The van der Waals surface area contributed by atoms with Crippen LogP contribution in [0.5, 0.6) is 0 Å². The van der Waals surface area contributed by atoms with Crippen molar-refractivity contribution in [2.45, 2.75) is 12.3 Å². The zero-order chi connectivity index (χ0) is 12.5. The number of hydrogen-bond acceptors (Lipinski definition) is 2. The Hall–Kier alpha value is -1.06. The molecule has 2 fully saturated rings. The Kier molecular flexibility index (Phi) is 3.27. The highest BCUT2D eigenvalue weighted by Gasteiger charge is 2.46. The summed E-state index contributed by atoms with van der Waals surface area (Å²) in [5.41, 5.74) is 1.13. The van der Waals surface area contributed by atoms with E-state index in [9.17, 15) is 4.79 Å². The lowest BCUT2D eigenvalue weighted by Crippen LogP contribution is -2.47. The van der Waals surface area contributed by atoms with E-state index in [-0.39, 0.29) is 5.92 Å². The Morgan fingerprint density at radius 3 is 2.72 bits per heavy atom. The summed E-state index contributed by atoms with van der Waals surface area (Å²) in [6.45, 7) is 3.50. The smallest absolute Gasteiger partial charge is 0.226 e. The molecule has 1 saturated heterocycles. The molecule has 1 saturated carbocycles. The topological polar surface area (TPSA) is 32.3 Å². The Balaban J connectivity index is 1.67. The molecule has 1 heterocycles. The minimum Gasteiger partial charge on any atom is -0.340 e. The molecular formula is C14H17ClN2O. The van der Waals surface area contributed by atoms with Crippen molar-refractivity contribution in [2.75, 3.05) is 26.2 Å². The highest BCUT2D eigenvalue weighted by atomic mass is 35.5. The highest BCUT2D eigenvalue weighted by molar-refractivity contribution is 6.31. The van der Waals surface area contributed by atoms with Gasteiger partial charge in [-0.25, -0.2) is 0 Å². The molecular weight excluding hydrogens is 248 g/mol. The Morgan fingerprint density at radius 2 is 2.00 bits per heavy atom. The number of rotatable bonds is 2. The van der Waals surface area contributed by atoms with Crippen LogP contribution < -0.4 is 5.32 Å². The second-order valence-electron chi connectivity index (χ2n) is 5.05. The number of nitrogens with one attached hydrogen (secondary N) is 1. The van der Waals surface area contributed by atoms with E-state index in [4.69, 9.17) is 11.6 Å². The predicted molar refractivity (Wildman–Crippen MR) is 71.7 cm³/mol. The molecule has 0 aromatic heterocycles. The summed E-state index contributed by atoms with van der Waals surface area (Å²) in [6, 6.07) is 7.87. The van der Waals surface area contributed by atoms with Crippen molar-refractivity contribution in [1.29, 1.82) is 0 Å². The van der Waals surface area contributed by atoms with Gasteiger partial charge in [0.05, 0.1) is 0 Å². The fourth-order valence-corrected chi connectivity index (χ4v) is 2.98. The molecule has 0 unspecified atom stereocenters. The number of nitrogens with zero attached hydrogens (tertiary/aromatic N) is 1. The van der Waals surface area contributed by atoms with Gasteiger partial charge in [-0.2, -0.15) is 0 Å². The van der Waals surface area contributed by atoms with Crippen LogP contribution in [0.15, 0.2) is 24.3 Å². The van der Waals surface area contributed by atoms with Crippen LogP contribution >= 0.6 is 11.6 Å². The summed E-state index contributed by atoms with van der Waals surface area (Å²) >= 11 is 6.18. The maximum absolute atomic E-state index is 12.3. The summed E-state index contributed by atoms with van der Waals surface area (Å²) in [5, 5.41) is 4.06. The minimum atomic E-state index is 0.156. The normalized spacial score (nSPS) is 27.1. The van der Waals surface area contributed by atoms with Gasteiger partial charge in [0.1, 0.15) is 0 Å². The van der Waals surface area contributed by atoms with Gasteiger partial charge in [0, 0.05) is 37.1 Å². The standard InChI is InChI=1S/C14H17ClN2O/c15-13-4-2-1-3-10(13)11-9-12(11)14(18)17-7-5-16-6-8-17/h1-4,11-12,16H,5-9H2/t11-,12+/m1/s1. The molecule has 2 aliphatic rings. The van der Waals surface area contributed by atoms with Gasteiger partial charge in [-0.05, 0) is 24.0 Å². The van der Waals surface area contributed by atoms with E-state index in [0.717, 1.165) is 43.2 Å². The molecule has 3 nitrogen and oxygen atoms in total. The molecule has 0 radical (unpaired) electrons. The number of hydrogen-bond donors (Lipinski definition) is 1. The zero-order valence-electron chi connectivity index (χ0n) is 10.2. The van der Waals surface area contributed by atoms with Crippen LogP contribution in [-0.2, 0) is 4.79 Å². The number of carbonyl (C=O) groups is 1. The molecule has 1 amide bonds. The molecule has 1 N–H and O–H groups in total. The van der Waals surface area contributed by atoms with Crippen molar-refractivity contribution in [3.8, 4) is 0 Å². The van der Waals surface area contributed by atoms with Crippen molar-refractivity contribution < 1.29 is 4.79 Å².